The molecule has 0 aliphatic carbocycles. The predicted octanol–water partition coefficient (Wildman–Crippen LogP) is 1.34. The van der Waals surface area contributed by atoms with Crippen molar-refractivity contribution in [2.24, 2.45) is 0 Å². The average molecular weight is 432 g/mol. The Kier molecular flexibility index (Phi) is 8.87. The number of imidazole rings is 1. The zero-order chi connectivity index (χ0) is 20.2. The Morgan fingerprint density at radius 2 is 1.93 bits per heavy atom. The molecule has 2 aromatic rings. The molecule has 0 aliphatic heterocycles. The van der Waals surface area contributed by atoms with Crippen molar-refractivity contribution in [1.29, 1.82) is 0 Å². The number of aryl methyl sites for hydroxylation is 2. The first kappa shape index (κ1) is 24.4. The molecular weight excluding hydrogens is 402 g/mol. The summed E-state index contributed by atoms with van der Waals surface area (Å²) in [7, 11) is 3.15. The van der Waals surface area contributed by atoms with E-state index in [-0.39, 0.29) is 23.2 Å². The van der Waals surface area contributed by atoms with Gasteiger partial charge in [0.05, 0.1) is 15.9 Å². The average Bonchev–Trinajstić information content (AvgIpc) is 3.00. The monoisotopic (exact) mass is 431 g/mol. The summed E-state index contributed by atoms with van der Waals surface area (Å²) in [6.45, 7) is 4.12. The number of amides is 1. The maximum absolute atomic E-state index is 12.3. The second kappa shape index (κ2) is 10.2. The van der Waals surface area contributed by atoms with Gasteiger partial charge in [-0.05, 0) is 32.2 Å². The summed E-state index contributed by atoms with van der Waals surface area (Å²) in [6.07, 6.45) is 0.882. The van der Waals surface area contributed by atoms with Gasteiger partial charge in [0, 0.05) is 53.6 Å². The maximum atomic E-state index is 12.3. The first-order chi connectivity index (χ1) is 12.7. The quantitative estimate of drug-likeness (QED) is 0.647. The van der Waals surface area contributed by atoms with Gasteiger partial charge in [0.1, 0.15) is 5.82 Å². The minimum atomic E-state index is -3.51. The number of carbonyl (C=O) groups is 1. The highest BCUT2D eigenvalue weighted by Crippen LogP contribution is 2.22. The van der Waals surface area contributed by atoms with Crippen molar-refractivity contribution in [2.75, 3.05) is 41.3 Å². The van der Waals surface area contributed by atoms with Crippen molar-refractivity contribution in [3.05, 3.63) is 24.0 Å². The Labute approximate surface area is 173 Å². The molecule has 0 saturated carbocycles. The molecule has 0 spiro atoms. The molecule has 0 aliphatic rings. The van der Waals surface area contributed by atoms with Crippen LogP contribution >= 0.6 is 12.4 Å². The van der Waals surface area contributed by atoms with E-state index in [4.69, 9.17) is 0 Å². The number of nitrogens with zero attached hydrogens (tertiary/aromatic N) is 4. The third-order valence-corrected chi connectivity index (χ3v) is 6.39. The van der Waals surface area contributed by atoms with Gasteiger partial charge in [-0.3, -0.25) is 4.79 Å². The highest BCUT2D eigenvalue weighted by Gasteiger charge is 2.20. The van der Waals surface area contributed by atoms with Crippen molar-refractivity contribution in [3.8, 4) is 0 Å². The minimum absolute atomic E-state index is 0. The van der Waals surface area contributed by atoms with E-state index < -0.39 is 10.0 Å². The lowest BCUT2D eigenvalue weighted by molar-refractivity contribution is -0.129. The Balaban J connectivity index is 0.00000392. The topological polar surface area (TPSA) is 87.5 Å². The number of halogens is 1. The smallest absolute Gasteiger partial charge is 0.242 e. The van der Waals surface area contributed by atoms with Crippen LogP contribution in [-0.4, -0.2) is 74.4 Å². The molecule has 1 N–H and O–H groups in total. The van der Waals surface area contributed by atoms with Crippen molar-refractivity contribution in [3.63, 3.8) is 0 Å². The van der Waals surface area contributed by atoms with E-state index in [1.165, 1.54) is 18.4 Å². The molecule has 28 heavy (non-hydrogen) atoms. The van der Waals surface area contributed by atoms with Gasteiger partial charge in [0.15, 0.2) is 0 Å². The number of fused-ring (bicyclic) bond motifs is 1. The number of hydrogen-bond donors (Lipinski definition) is 1. The summed E-state index contributed by atoms with van der Waals surface area (Å²) in [5.74, 6) is 0.859. The van der Waals surface area contributed by atoms with E-state index >= 15 is 0 Å². The Morgan fingerprint density at radius 1 is 1.25 bits per heavy atom. The summed E-state index contributed by atoms with van der Waals surface area (Å²) in [6, 6.07) is 4.99. The van der Waals surface area contributed by atoms with Crippen LogP contribution < -0.4 is 5.32 Å². The normalized spacial score (nSPS) is 11.6. The summed E-state index contributed by atoms with van der Waals surface area (Å²) in [4.78, 5) is 18.8. The van der Waals surface area contributed by atoms with Gasteiger partial charge in [0.2, 0.25) is 15.9 Å². The molecule has 1 aromatic carbocycles. The molecule has 1 amide bonds. The number of sulfonamides is 1. The lowest BCUT2D eigenvalue weighted by Gasteiger charge is -2.16. The van der Waals surface area contributed by atoms with Gasteiger partial charge in [-0.25, -0.2) is 17.7 Å². The van der Waals surface area contributed by atoms with Crippen molar-refractivity contribution < 1.29 is 13.2 Å². The molecule has 1 aromatic heterocycles. The summed E-state index contributed by atoms with van der Waals surface area (Å²) in [5.41, 5.74) is 1.51. The molecule has 10 heteroatoms. The van der Waals surface area contributed by atoms with Crippen LogP contribution in [0.3, 0.4) is 0 Å². The zero-order valence-corrected chi connectivity index (χ0v) is 18.7. The molecule has 0 saturated heterocycles. The number of nitrogens with one attached hydrogen (secondary N) is 1. The maximum Gasteiger partial charge on any atom is 0.242 e. The van der Waals surface area contributed by atoms with Gasteiger partial charge in [0.25, 0.3) is 0 Å². The standard InChI is InChI=1S/C18H29N5O3S.ClH/c1-6-23-16-8-7-14(27(25,26)21(3)4)13-15(16)20-17(23)9-10-18(24)22(5)12-11-19-2;/h7-8,13,19H,6,9-12H2,1-5H3;1H. The summed E-state index contributed by atoms with van der Waals surface area (Å²) < 4.78 is 27.9. The van der Waals surface area contributed by atoms with E-state index in [0.29, 0.717) is 31.4 Å². The van der Waals surface area contributed by atoms with Crippen LogP contribution in [0.5, 0.6) is 0 Å². The lowest BCUT2D eigenvalue weighted by atomic mass is 10.2. The van der Waals surface area contributed by atoms with Gasteiger partial charge < -0.3 is 14.8 Å². The third-order valence-electron chi connectivity index (χ3n) is 4.58. The van der Waals surface area contributed by atoms with Crippen LogP contribution in [0.4, 0.5) is 0 Å². The molecule has 8 nitrogen and oxygen atoms in total. The molecular formula is C18H30ClN5O3S. The minimum Gasteiger partial charge on any atom is -0.344 e. The van der Waals surface area contributed by atoms with Crippen LogP contribution in [0.2, 0.25) is 0 Å². The number of hydrogen-bond acceptors (Lipinski definition) is 5. The fraction of sp³-hybridized carbons (Fsp3) is 0.556. The number of rotatable bonds is 9. The number of carbonyl (C=O) groups excluding carboxylic acids is 1. The second-order valence-electron chi connectivity index (χ2n) is 6.63. The van der Waals surface area contributed by atoms with Crippen molar-refractivity contribution >= 4 is 39.4 Å². The number of aromatic nitrogens is 2. The molecule has 0 radical (unpaired) electrons. The van der Waals surface area contributed by atoms with Gasteiger partial charge in [-0.1, -0.05) is 0 Å². The zero-order valence-electron chi connectivity index (χ0n) is 17.1. The molecule has 0 bridgehead atoms. The van der Waals surface area contributed by atoms with E-state index in [1.807, 2.05) is 18.5 Å². The second-order valence-corrected chi connectivity index (χ2v) is 8.78. The Morgan fingerprint density at radius 3 is 2.50 bits per heavy atom. The fourth-order valence-corrected chi connectivity index (χ4v) is 3.81. The Bertz CT molecular complexity index is 911. The van der Waals surface area contributed by atoms with Crippen LogP contribution in [0.25, 0.3) is 11.0 Å². The van der Waals surface area contributed by atoms with E-state index in [2.05, 4.69) is 10.3 Å². The van der Waals surface area contributed by atoms with Crippen LogP contribution in [0, 0.1) is 0 Å². The van der Waals surface area contributed by atoms with Gasteiger partial charge >= 0.3 is 0 Å². The first-order valence-electron chi connectivity index (χ1n) is 9.02. The van der Waals surface area contributed by atoms with E-state index in [9.17, 15) is 13.2 Å². The Hall–Kier alpha value is -1.68. The van der Waals surface area contributed by atoms with Gasteiger partial charge in [-0.2, -0.15) is 0 Å². The lowest BCUT2D eigenvalue weighted by Crippen LogP contribution is -2.33. The largest absolute Gasteiger partial charge is 0.344 e. The third kappa shape index (κ3) is 5.22. The summed E-state index contributed by atoms with van der Waals surface area (Å²) in [5, 5.41) is 3.03. The van der Waals surface area contributed by atoms with E-state index in [0.717, 1.165) is 17.9 Å². The van der Waals surface area contributed by atoms with Crippen molar-refractivity contribution in [2.45, 2.75) is 31.2 Å². The molecule has 158 valence electrons. The fourth-order valence-electron chi connectivity index (χ4n) is 2.89. The molecule has 0 atom stereocenters. The molecule has 2 rings (SSSR count). The van der Waals surface area contributed by atoms with Crippen LogP contribution in [0.15, 0.2) is 23.1 Å². The first-order valence-corrected chi connectivity index (χ1v) is 10.5. The number of likely N-dealkylation sites (N-methyl/N-ethyl adjacent to an activating group) is 2. The highest BCUT2D eigenvalue weighted by molar-refractivity contribution is 7.89. The summed E-state index contributed by atoms with van der Waals surface area (Å²) >= 11 is 0. The van der Waals surface area contributed by atoms with Gasteiger partial charge in [-0.15, -0.1) is 12.4 Å². The van der Waals surface area contributed by atoms with E-state index in [1.54, 1.807) is 30.1 Å². The van der Waals surface area contributed by atoms with Crippen LogP contribution in [0.1, 0.15) is 19.2 Å². The predicted molar refractivity (Wildman–Crippen MR) is 113 cm³/mol. The SMILES string of the molecule is CCn1c(CCC(=O)N(C)CCNC)nc2cc(S(=O)(=O)N(C)C)ccc21.Cl. The molecule has 1 heterocycles. The highest BCUT2D eigenvalue weighted by atomic mass is 35.5. The number of benzene rings is 1. The molecule has 0 fully saturated rings. The van der Waals surface area contributed by atoms with Crippen molar-refractivity contribution in [1.82, 2.24) is 24.1 Å². The molecule has 0 unspecified atom stereocenters. The van der Waals surface area contributed by atoms with Crippen LogP contribution in [-0.2, 0) is 27.8 Å².